The molecule has 0 radical (unpaired) electrons. The minimum atomic E-state index is 0. The number of aliphatic imine (C=N–C) groups is 2. The number of hydrogen-bond donors (Lipinski definition) is 0. The number of benzene rings is 2. The zero-order chi connectivity index (χ0) is 55.5. The van der Waals surface area contributed by atoms with Gasteiger partial charge >= 0.3 is 0 Å². The molecule has 0 saturated carbocycles. The summed E-state index contributed by atoms with van der Waals surface area (Å²) in [4.78, 5) is 10.9. The van der Waals surface area contributed by atoms with E-state index in [-0.39, 0.29) is 16.5 Å². The van der Waals surface area contributed by atoms with Crippen molar-refractivity contribution in [3.05, 3.63) is 59.7 Å². The minimum Gasteiger partial charge on any atom is -0.252 e. The van der Waals surface area contributed by atoms with Crippen LogP contribution in [0.3, 0.4) is 0 Å². The van der Waals surface area contributed by atoms with E-state index in [0.717, 1.165) is 43.5 Å². The SMILES string of the molecule is CCCCCCCCCCCCCCCCCCCCCCCCCCc1cccc(/N=C(CCCC)\C(CCCCCC)=N\c2cccc(CCCCCCCCCCCCCCCCCCCCCCCCCC)c2)c1.[Ni]. The van der Waals surface area contributed by atoms with E-state index in [9.17, 15) is 0 Å². The number of nitrogens with zero attached hydrogens (tertiary/aromatic N) is 2. The van der Waals surface area contributed by atoms with Gasteiger partial charge in [0.25, 0.3) is 0 Å². The topological polar surface area (TPSA) is 24.7 Å². The second-order valence-electron chi connectivity index (χ2n) is 25.1. The third-order valence-corrected chi connectivity index (χ3v) is 17.4. The molecule has 0 saturated heterocycles. The van der Waals surface area contributed by atoms with Gasteiger partial charge in [0.15, 0.2) is 0 Å². The van der Waals surface area contributed by atoms with Gasteiger partial charge in [-0.15, -0.1) is 0 Å². The van der Waals surface area contributed by atoms with E-state index >= 15 is 0 Å². The monoisotopic (exact) mass is 1140 g/mol. The van der Waals surface area contributed by atoms with Crippen LogP contribution in [0.2, 0.25) is 0 Å². The second-order valence-corrected chi connectivity index (χ2v) is 25.1. The predicted octanol–water partition coefficient (Wildman–Crippen LogP) is 27.5. The summed E-state index contributed by atoms with van der Waals surface area (Å²) in [6.07, 6.45) is 80.9. The first-order valence-electron chi connectivity index (χ1n) is 36.0. The fourth-order valence-corrected chi connectivity index (χ4v) is 12.1. The Bertz CT molecular complexity index is 1590. The number of aryl methyl sites for hydroxylation is 2. The molecule has 2 nitrogen and oxygen atoms in total. The molecule has 0 unspecified atom stereocenters. The summed E-state index contributed by atoms with van der Waals surface area (Å²) in [7, 11) is 0. The molecular formula is C76H136N2Ni. The van der Waals surface area contributed by atoms with Crippen molar-refractivity contribution < 1.29 is 16.5 Å². The van der Waals surface area contributed by atoms with Gasteiger partial charge in [-0.25, -0.2) is 0 Å². The number of hydrogen-bond acceptors (Lipinski definition) is 2. The Morgan fingerprint density at radius 1 is 0.241 bits per heavy atom. The largest absolute Gasteiger partial charge is 0.252 e. The Labute approximate surface area is 506 Å². The summed E-state index contributed by atoms with van der Waals surface area (Å²) in [6.45, 7) is 9.25. The van der Waals surface area contributed by atoms with Crippen LogP contribution in [0.15, 0.2) is 58.5 Å². The van der Waals surface area contributed by atoms with Crippen molar-refractivity contribution in [1.82, 2.24) is 0 Å². The smallest absolute Gasteiger partial charge is 0.0636 e. The first-order valence-corrected chi connectivity index (χ1v) is 36.0. The van der Waals surface area contributed by atoms with Gasteiger partial charge in [0.2, 0.25) is 0 Å². The Morgan fingerprint density at radius 3 is 0.684 bits per heavy atom. The van der Waals surface area contributed by atoms with Gasteiger partial charge in [-0.1, -0.05) is 373 Å². The summed E-state index contributed by atoms with van der Waals surface area (Å²) in [6, 6.07) is 18.4. The molecule has 0 aliphatic heterocycles. The van der Waals surface area contributed by atoms with Crippen molar-refractivity contribution in [2.75, 3.05) is 0 Å². The fourth-order valence-electron chi connectivity index (χ4n) is 12.1. The Kier molecular flexibility index (Phi) is 58.0. The molecule has 0 N–H and O–H groups in total. The maximum atomic E-state index is 5.46. The molecule has 2 rings (SSSR count). The van der Waals surface area contributed by atoms with E-state index in [4.69, 9.17) is 9.98 Å². The average Bonchev–Trinajstić information content (AvgIpc) is 3.46. The van der Waals surface area contributed by atoms with E-state index < -0.39 is 0 Å². The van der Waals surface area contributed by atoms with Gasteiger partial charge < -0.3 is 0 Å². The molecule has 0 fully saturated rings. The summed E-state index contributed by atoms with van der Waals surface area (Å²) in [5.41, 5.74) is 7.57. The van der Waals surface area contributed by atoms with Crippen LogP contribution in [0.4, 0.5) is 11.4 Å². The first kappa shape index (κ1) is 75.3. The molecule has 79 heavy (non-hydrogen) atoms. The molecule has 0 spiro atoms. The summed E-state index contributed by atoms with van der Waals surface area (Å²) in [5, 5.41) is 0. The van der Waals surface area contributed by atoms with Crippen LogP contribution < -0.4 is 0 Å². The van der Waals surface area contributed by atoms with E-state index in [1.807, 2.05) is 0 Å². The average molecular weight is 1140 g/mol. The molecule has 3 heteroatoms. The Balaban J connectivity index is 0.0000312. The zero-order valence-electron chi connectivity index (χ0n) is 53.8. The van der Waals surface area contributed by atoms with E-state index in [0.29, 0.717) is 0 Å². The van der Waals surface area contributed by atoms with Crippen LogP contribution in [0.1, 0.15) is 398 Å². The van der Waals surface area contributed by atoms with Gasteiger partial charge in [0, 0.05) is 16.5 Å². The van der Waals surface area contributed by atoms with Crippen LogP contribution in [0.25, 0.3) is 0 Å². The van der Waals surface area contributed by atoms with Crippen LogP contribution in [0.5, 0.6) is 0 Å². The third-order valence-electron chi connectivity index (χ3n) is 17.4. The van der Waals surface area contributed by atoms with Gasteiger partial charge in [-0.3, -0.25) is 9.98 Å². The van der Waals surface area contributed by atoms with Gasteiger partial charge in [0.1, 0.15) is 0 Å². The first-order chi connectivity index (χ1) is 38.7. The maximum absolute atomic E-state index is 5.46. The quantitative estimate of drug-likeness (QED) is 0.0358. The van der Waals surface area contributed by atoms with E-state index in [2.05, 4.69) is 76.2 Å². The van der Waals surface area contributed by atoms with Crippen molar-refractivity contribution in [2.45, 2.75) is 400 Å². The molecule has 0 amide bonds. The van der Waals surface area contributed by atoms with Gasteiger partial charge in [-0.05, 0) is 86.8 Å². The molecule has 0 aromatic heterocycles. The Morgan fingerprint density at radius 2 is 0.443 bits per heavy atom. The van der Waals surface area contributed by atoms with Crippen molar-refractivity contribution in [1.29, 1.82) is 0 Å². The normalized spacial score (nSPS) is 12.0. The van der Waals surface area contributed by atoms with Crippen molar-refractivity contribution >= 4 is 22.8 Å². The summed E-state index contributed by atoms with van der Waals surface area (Å²) in [5.74, 6) is 0. The molecule has 0 bridgehead atoms. The van der Waals surface area contributed by atoms with Crippen LogP contribution in [-0.2, 0) is 29.3 Å². The molecule has 2 aromatic rings. The minimum absolute atomic E-state index is 0. The molecule has 0 aliphatic rings. The molecule has 460 valence electrons. The third kappa shape index (κ3) is 49.4. The fraction of sp³-hybridized carbons (Fsp3) is 0.816. The predicted molar refractivity (Wildman–Crippen MR) is 356 cm³/mol. The molecule has 0 atom stereocenters. The number of unbranched alkanes of at least 4 members (excludes halogenated alkanes) is 50. The van der Waals surface area contributed by atoms with E-state index in [1.54, 1.807) is 0 Å². The van der Waals surface area contributed by atoms with Crippen LogP contribution in [0, 0.1) is 0 Å². The summed E-state index contributed by atoms with van der Waals surface area (Å²) >= 11 is 0. The molecule has 2 aromatic carbocycles. The van der Waals surface area contributed by atoms with Crippen LogP contribution in [-0.4, -0.2) is 11.4 Å². The zero-order valence-corrected chi connectivity index (χ0v) is 54.8. The van der Waals surface area contributed by atoms with Crippen molar-refractivity contribution in [2.24, 2.45) is 9.98 Å². The summed E-state index contributed by atoms with van der Waals surface area (Å²) < 4.78 is 0. The molecular weight excluding hydrogens is 1000 g/mol. The number of rotatable bonds is 61. The molecule has 0 aliphatic carbocycles. The maximum Gasteiger partial charge on any atom is 0.0636 e. The van der Waals surface area contributed by atoms with Gasteiger partial charge in [-0.2, -0.15) is 0 Å². The standard InChI is InChI=1S/C76H136N2.Ni/c1-5-9-13-16-18-20-22-24-26-28-30-32-34-36-38-40-42-44-46-48-50-52-54-56-61-71-63-59-65-73(69-71)77-75(67-12-8-4)76(68-58-15-11-7-3)78-74-66-60-64-72(70-74)62-57-55-53-51-49-47-45-43-41-39-37-35-33-31-29-27-25-23-21-19-17-14-10-6-2;/h59-60,63-66,69-70H,5-58,61-62,67-68H2,1-4H3;/b77-75-,78-76+;. The van der Waals surface area contributed by atoms with Crippen molar-refractivity contribution in [3.8, 4) is 0 Å². The van der Waals surface area contributed by atoms with Gasteiger partial charge in [0.05, 0.1) is 22.8 Å². The molecule has 0 heterocycles. The van der Waals surface area contributed by atoms with Crippen LogP contribution >= 0.6 is 0 Å². The van der Waals surface area contributed by atoms with Crippen molar-refractivity contribution in [3.63, 3.8) is 0 Å². The Hall–Kier alpha value is -1.73. The second kappa shape index (κ2) is 60.9. The van der Waals surface area contributed by atoms with E-state index in [1.165, 1.54) is 363 Å².